The Morgan fingerprint density at radius 2 is 1.65 bits per heavy atom. The molecule has 0 atom stereocenters. The maximum absolute atomic E-state index is 11.4. The van der Waals surface area contributed by atoms with Crippen LogP contribution < -0.4 is 4.74 Å². The highest BCUT2D eigenvalue weighted by Gasteiger charge is 2.17. The van der Waals surface area contributed by atoms with E-state index >= 15 is 0 Å². The number of carbonyl (C=O) groups is 1. The molecule has 7 heteroatoms. The number of hydrogen-bond donors (Lipinski definition) is 1. The van der Waals surface area contributed by atoms with Crippen LogP contribution in [0.15, 0.2) is 58.8 Å². The molecule has 0 aliphatic heterocycles. The highest BCUT2D eigenvalue weighted by atomic mass is 16.6. The van der Waals surface area contributed by atoms with Crippen LogP contribution >= 0.6 is 0 Å². The molecule has 0 radical (unpaired) electrons. The molecule has 0 saturated heterocycles. The van der Waals surface area contributed by atoms with Gasteiger partial charge in [0.2, 0.25) is 0 Å². The highest BCUT2D eigenvalue weighted by molar-refractivity contribution is 6.42. The molecule has 2 aromatic rings. The van der Waals surface area contributed by atoms with Crippen LogP contribution in [0.1, 0.15) is 23.6 Å². The van der Waals surface area contributed by atoms with Gasteiger partial charge < -0.3 is 19.5 Å². The van der Waals surface area contributed by atoms with E-state index in [4.69, 9.17) is 9.57 Å². The zero-order valence-electron chi connectivity index (χ0n) is 14.8. The van der Waals surface area contributed by atoms with Crippen LogP contribution in [0.2, 0.25) is 0 Å². The van der Waals surface area contributed by atoms with Crippen molar-refractivity contribution in [1.29, 1.82) is 0 Å². The number of carboxylic acid groups (broad SMARTS) is 1. The van der Waals surface area contributed by atoms with E-state index in [0.717, 1.165) is 11.3 Å². The zero-order valence-corrected chi connectivity index (χ0v) is 14.8. The minimum Gasteiger partial charge on any atom is -0.489 e. The fourth-order valence-corrected chi connectivity index (χ4v) is 2.31. The Hall–Kier alpha value is -3.35. The fraction of sp³-hybridized carbons (Fsp3) is 0.211. The van der Waals surface area contributed by atoms with Gasteiger partial charge in [-0.3, -0.25) is 0 Å². The zero-order chi connectivity index (χ0) is 18.9. The van der Waals surface area contributed by atoms with E-state index in [-0.39, 0.29) is 12.3 Å². The molecule has 0 bridgehead atoms. The number of ether oxygens (including phenoxy) is 1. The lowest BCUT2D eigenvalue weighted by molar-refractivity contribution is -0.129. The van der Waals surface area contributed by atoms with Crippen LogP contribution in [-0.2, 0) is 21.1 Å². The van der Waals surface area contributed by atoms with Gasteiger partial charge in [-0.15, -0.1) is 0 Å². The van der Waals surface area contributed by atoms with Gasteiger partial charge in [-0.1, -0.05) is 34.6 Å². The summed E-state index contributed by atoms with van der Waals surface area (Å²) in [6, 6.07) is 14.4. The maximum atomic E-state index is 11.4. The molecular formula is C19H20N2O5. The summed E-state index contributed by atoms with van der Waals surface area (Å²) < 4.78 is 5.78. The third-order valence-electron chi connectivity index (χ3n) is 3.55. The summed E-state index contributed by atoms with van der Waals surface area (Å²) in [5, 5.41) is 16.8. The van der Waals surface area contributed by atoms with Gasteiger partial charge in [-0.2, -0.15) is 0 Å². The maximum Gasteiger partial charge on any atom is 0.358 e. The van der Waals surface area contributed by atoms with Gasteiger partial charge in [-0.05, 0) is 42.3 Å². The van der Waals surface area contributed by atoms with E-state index in [1.165, 1.54) is 14.2 Å². The second-order valence-corrected chi connectivity index (χ2v) is 5.26. The van der Waals surface area contributed by atoms with Crippen LogP contribution in [0, 0.1) is 0 Å². The minimum absolute atomic E-state index is 0.173. The average Bonchev–Trinajstić information content (AvgIpc) is 2.65. The van der Waals surface area contributed by atoms with Gasteiger partial charge >= 0.3 is 5.97 Å². The molecule has 0 fully saturated rings. The molecule has 0 heterocycles. The molecule has 136 valence electrons. The van der Waals surface area contributed by atoms with E-state index in [0.29, 0.717) is 16.9 Å². The summed E-state index contributed by atoms with van der Waals surface area (Å²) in [5.74, 6) is -0.522. The summed E-state index contributed by atoms with van der Waals surface area (Å²) in [4.78, 5) is 20.8. The Bertz CT molecular complexity index is 813. The Kier molecular flexibility index (Phi) is 6.73. The van der Waals surface area contributed by atoms with E-state index in [9.17, 15) is 9.90 Å². The normalized spacial score (nSPS) is 11.8. The molecular weight excluding hydrogens is 336 g/mol. The Morgan fingerprint density at radius 3 is 2.27 bits per heavy atom. The standard InChI is InChI=1S/C19H20N2O5/c1-13(20-24-2)14-8-10-16(11-9-14)26-12-15-6-4-5-7-17(15)18(19(22)23)21-25-3/h4-11H,12H2,1-3H3,(H,22,23)/b20-13?,21-18+. The molecule has 0 spiro atoms. The lowest BCUT2D eigenvalue weighted by Gasteiger charge is -2.11. The van der Waals surface area contributed by atoms with Crippen molar-refractivity contribution in [3.8, 4) is 5.75 Å². The second kappa shape index (κ2) is 9.22. The lowest BCUT2D eigenvalue weighted by atomic mass is 10.0. The van der Waals surface area contributed by atoms with Crippen LogP contribution in [0.4, 0.5) is 0 Å². The molecule has 0 unspecified atom stereocenters. The molecule has 2 rings (SSSR count). The van der Waals surface area contributed by atoms with Gasteiger partial charge in [0.1, 0.15) is 26.6 Å². The fourth-order valence-electron chi connectivity index (χ4n) is 2.31. The molecule has 0 aliphatic rings. The van der Waals surface area contributed by atoms with Gasteiger partial charge in [-0.25, -0.2) is 4.79 Å². The van der Waals surface area contributed by atoms with Crippen molar-refractivity contribution in [2.24, 2.45) is 10.3 Å². The van der Waals surface area contributed by atoms with Gasteiger partial charge in [0.25, 0.3) is 0 Å². The van der Waals surface area contributed by atoms with Crippen molar-refractivity contribution in [2.45, 2.75) is 13.5 Å². The largest absolute Gasteiger partial charge is 0.489 e. The Morgan fingerprint density at radius 1 is 1.00 bits per heavy atom. The molecule has 0 aromatic heterocycles. The SMILES string of the molecule is CON=C(C)c1ccc(OCc2ccccc2/C(=N\OC)C(=O)O)cc1. The quantitative estimate of drug-likeness (QED) is 0.580. The molecule has 2 aromatic carbocycles. The number of carboxylic acids is 1. The summed E-state index contributed by atoms with van der Waals surface area (Å²) in [7, 11) is 2.80. The van der Waals surface area contributed by atoms with E-state index in [1.54, 1.807) is 18.2 Å². The molecule has 0 saturated carbocycles. The number of aliphatic carboxylic acids is 1. The number of benzene rings is 2. The predicted molar refractivity (Wildman–Crippen MR) is 97.6 cm³/mol. The van der Waals surface area contributed by atoms with Gasteiger partial charge in [0.15, 0.2) is 5.71 Å². The number of hydrogen-bond acceptors (Lipinski definition) is 6. The monoisotopic (exact) mass is 356 g/mol. The van der Waals surface area contributed by atoms with Crippen LogP contribution in [0.25, 0.3) is 0 Å². The summed E-state index contributed by atoms with van der Waals surface area (Å²) in [6.07, 6.45) is 0. The molecule has 7 nitrogen and oxygen atoms in total. The third kappa shape index (κ3) is 4.83. The van der Waals surface area contributed by atoms with E-state index in [2.05, 4.69) is 15.1 Å². The van der Waals surface area contributed by atoms with Crippen LogP contribution in [0.3, 0.4) is 0 Å². The van der Waals surface area contributed by atoms with Gasteiger partial charge in [0.05, 0.1) is 5.71 Å². The summed E-state index contributed by atoms with van der Waals surface area (Å²) in [6.45, 7) is 2.04. The van der Waals surface area contributed by atoms with Gasteiger partial charge in [0, 0.05) is 5.56 Å². The van der Waals surface area contributed by atoms with Crippen molar-refractivity contribution in [2.75, 3.05) is 14.2 Å². The van der Waals surface area contributed by atoms with E-state index in [1.807, 2.05) is 37.3 Å². The Labute approximate surface area is 151 Å². The number of oxime groups is 2. The molecule has 26 heavy (non-hydrogen) atoms. The highest BCUT2D eigenvalue weighted by Crippen LogP contribution is 2.17. The third-order valence-corrected chi connectivity index (χ3v) is 3.55. The topological polar surface area (TPSA) is 89.7 Å². The first-order chi connectivity index (χ1) is 12.6. The first kappa shape index (κ1) is 19.0. The van der Waals surface area contributed by atoms with Crippen molar-refractivity contribution in [3.05, 3.63) is 65.2 Å². The molecule has 1 N–H and O–H groups in total. The number of nitrogens with zero attached hydrogens (tertiary/aromatic N) is 2. The van der Waals surface area contributed by atoms with Crippen LogP contribution in [-0.4, -0.2) is 36.7 Å². The smallest absolute Gasteiger partial charge is 0.358 e. The predicted octanol–water partition coefficient (Wildman–Crippen LogP) is 3.07. The summed E-state index contributed by atoms with van der Waals surface area (Å²) in [5.41, 5.74) is 2.63. The molecule has 0 amide bonds. The first-order valence-electron chi connectivity index (χ1n) is 7.80. The van der Waals surface area contributed by atoms with Crippen molar-refractivity contribution >= 4 is 17.4 Å². The summed E-state index contributed by atoms with van der Waals surface area (Å²) >= 11 is 0. The molecule has 0 aliphatic carbocycles. The van der Waals surface area contributed by atoms with Crippen LogP contribution in [0.5, 0.6) is 5.75 Å². The lowest BCUT2D eigenvalue weighted by Crippen LogP contribution is -2.17. The Balaban J connectivity index is 2.17. The minimum atomic E-state index is -1.17. The average molecular weight is 356 g/mol. The van der Waals surface area contributed by atoms with E-state index < -0.39 is 5.97 Å². The van der Waals surface area contributed by atoms with Crippen molar-refractivity contribution in [1.82, 2.24) is 0 Å². The second-order valence-electron chi connectivity index (χ2n) is 5.26. The van der Waals surface area contributed by atoms with Crippen molar-refractivity contribution in [3.63, 3.8) is 0 Å². The first-order valence-corrected chi connectivity index (χ1v) is 7.80. The number of rotatable bonds is 8. The van der Waals surface area contributed by atoms with Crippen molar-refractivity contribution < 1.29 is 24.3 Å².